The van der Waals surface area contributed by atoms with E-state index in [0.717, 1.165) is 22.7 Å². The molecule has 0 fully saturated rings. The first-order valence-electron chi connectivity index (χ1n) is 7.08. The van der Waals surface area contributed by atoms with Gasteiger partial charge >= 0.3 is 5.97 Å². The Bertz CT molecular complexity index is 650. The van der Waals surface area contributed by atoms with Crippen molar-refractivity contribution in [1.29, 1.82) is 0 Å². The minimum Gasteiger partial charge on any atom is -0.480 e. The van der Waals surface area contributed by atoms with Crippen molar-refractivity contribution in [2.45, 2.75) is 39.2 Å². The van der Waals surface area contributed by atoms with E-state index in [1.165, 1.54) is 11.3 Å². The van der Waals surface area contributed by atoms with Gasteiger partial charge in [0.15, 0.2) is 0 Å². The molecule has 1 atom stereocenters. The molecule has 7 heteroatoms. The molecular weight excluding hydrogens is 320 g/mol. The van der Waals surface area contributed by atoms with Crippen LogP contribution in [-0.4, -0.2) is 28.0 Å². The first kappa shape index (κ1) is 16.6. The van der Waals surface area contributed by atoms with Crippen LogP contribution in [0.3, 0.4) is 0 Å². The van der Waals surface area contributed by atoms with Crippen LogP contribution in [0.25, 0.3) is 9.88 Å². The number of carbonyl (C=O) groups excluding carboxylic acids is 1. The lowest BCUT2D eigenvalue weighted by Crippen LogP contribution is -2.40. The predicted molar refractivity (Wildman–Crippen MR) is 88.6 cm³/mol. The van der Waals surface area contributed by atoms with Crippen molar-refractivity contribution in [3.05, 3.63) is 28.1 Å². The summed E-state index contributed by atoms with van der Waals surface area (Å²) in [5, 5.41) is 14.5. The van der Waals surface area contributed by atoms with Crippen LogP contribution in [0.1, 0.15) is 41.6 Å². The highest BCUT2D eigenvalue weighted by Crippen LogP contribution is 2.31. The Morgan fingerprint density at radius 3 is 2.82 bits per heavy atom. The molecule has 2 heterocycles. The number of aryl methyl sites for hydroxylation is 1. The first-order valence-corrected chi connectivity index (χ1v) is 8.77. The van der Waals surface area contributed by atoms with E-state index in [2.05, 4.69) is 10.3 Å². The molecule has 0 saturated carbocycles. The van der Waals surface area contributed by atoms with Gasteiger partial charge in [-0.25, -0.2) is 9.78 Å². The number of thiophene rings is 1. The Balaban J connectivity index is 2.13. The van der Waals surface area contributed by atoms with Crippen LogP contribution in [0.2, 0.25) is 0 Å². The van der Waals surface area contributed by atoms with Crippen LogP contribution < -0.4 is 5.32 Å². The molecular formula is C15H18N2O3S2. The molecule has 0 spiro atoms. The molecule has 2 aromatic rings. The number of thiazole rings is 1. The number of unbranched alkanes of at least 4 members (excludes halogenated alkanes) is 1. The maximum atomic E-state index is 12.3. The molecule has 0 radical (unpaired) electrons. The molecule has 1 amide bonds. The van der Waals surface area contributed by atoms with Crippen LogP contribution in [0, 0.1) is 6.92 Å². The Labute approximate surface area is 137 Å². The van der Waals surface area contributed by atoms with Gasteiger partial charge in [0.2, 0.25) is 0 Å². The van der Waals surface area contributed by atoms with Crippen molar-refractivity contribution in [3.63, 3.8) is 0 Å². The van der Waals surface area contributed by atoms with Gasteiger partial charge in [-0.15, -0.1) is 22.7 Å². The standard InChI is InChI=1S/C15H18N2O3S2/c1-3-4-6-10(15(19)20)17-13(18)12-9(2)16-14(22-12)11-7-5-8-21-11/h5,7-8,10H,3-4,6H2,1-2H3,(H,17,18)(H,19,20)/t10-/m0/s1. The molecule has 2 aromatic heterocycles. The van der Waals surface area contributed by atoms with Gasteiger partial charge in [-0.1, -0.05) is 25.8 Å². The first-order chi connectivity index (χ1) is 10.5. The maximum absolute atomic E-state index is 12.3. The minimum atomic E-state index is -0.998. The average Bonchev–Trinajstić information content (AvgIpc) is 3.11. The largest absolute Gasteiger partial charge is 0.480 e. The van der Waals surface area contributed by atoms with Crippen molar-refractivity contribution in [1.82, 2.24) is 10.3 Å². The fraction of sp³-hybridized carbons (Fsp3) is 0.400. The van der Waals surface area contributed by atoms with E-state index < -0.39 is 12.0 Å². The van der Waals surface area contributed by atoms with Gasteiger partial charge in [-0.05, 0) is 24.8 Å². The van der Waals surface area contributed by atoms with Crippen LogP contribution in [0.15, 0.2) is 17.5 Å². The van der Waals surface area contributed by atoms with E-state index in [0.29, 0.717) is 17.0 Å². The van der Waals surface area contributed by atoms with Crippen LogP contribution in [-0.2, 0) is 4.79 Å². The number of carbonyl (C=O) groups is 2. The van der Waals surface area contributed by atoms with Crippen molar-refractivity contribution < 1.29 is 14.7 Å². The highest BCUT2D eigenvalue weighted by atomic mass is 32.1. The number of carboxylic acid groups (broad SMARTS) is 1. The summed E-state index contributed by atoms with van der Waals surface area (Å²) in [6.45, 7) is 3.76. The number of hydrogen-bond donors (Lipinski definition) is 2. The number of nitrogens with one attached hydrogen (secondary N) is 1. The lowest BCUT2D eigenvalue weighted by molar-refractivity contribution is -0.139. The van der Waals surface area contributed by atoms with Gasteiger partial charge in [0.1, 0.15) is 15.9 Å². The molecule has 0 aliphatic carbocycles. The molecule has 0 aliphatic heterocycles. The monoisotopic (exact) mass is 338 g/mol. The SMILES string of the molecule is CCCC[C@H](NC(=O)c1sc(-c2cccs2)nc1C)C(=O)O. The van der Waals surface area contributed by atoms with Gasteiger partial charge in [0, 0.05) is 0 Å². The zero-order valence-corrected chi connectivity index (χ0v) is 14.1. The lowest BCUT2D eigenvalue weighted by atomic mass is 10.1. The number of nitrogens with zero attached hydrogens (tertiary/aromatic N) is 1. The summed E-state index contributed by atoms with van der Waals surface area (Å²) in [5.41, 5.74) is 0.630. The van der Waals surface area contributed by atoms with Crippen molar-refractivity contribution in [3.8, 4) is 9.88 Å². The number of aliphatic carboxylic acids is 1. The van der Waals surface area contributed by atoms with Crippen LogP contribution in [0.4, 0.5) is 0 Å². The average molecular weight is 338 g/mol. The quantitative estimate of drug-likeness (QED) is 0.809. The van der Waals surface area contributed by atoms with Crippen molar-refractivity contribution >= 4 is 34.6 Å². The van der Waals surface area contributed by atoms with E-state index in [1.807, 2.05) is 24.4 Å². The third-order valence-corrected chi connectivity index (χ3v) is 5.38. The Morgan fingerprint density at radius 1 is 1.45 bits per heavy atom. The third-order valence-electron chi connectivity index (χ3n) is 3.18. The van der Waals surface area contributed by atoms with Crippen LogP contribution in [0.5, 0.6) is 0 Å². The number of hydrogen-bond acceptors (Lipinski definition) is 5. The maximum Gasteiger partial charge on any atom is 0.326 e. The van der Waals surface area contributed by atoms with E-state index >= 15 is 0 Å². The number of carboxylic acids is 1. The summed E-state index contributed by atoms with van der Waals surface area (Å²) in [6.07, 6.45) is 2.09. The van der Waals surface area contributed by atoms with Gasteiger partial charge in [-0.2, -0.15) is 0 Å². The van der Waals surface area contributed by atoms with Gasteiger partial charge in [-0.3, -0.25) is 4.79 Å². The molecule has 0 aliphatic rings. The van der Waals surface area contributed by atoms with E-state index in [1.54, 1.807) is 18.3 Å². The molecule has 2 rings (SSSR count). The Morgan fingerprint density at radius 2 is 2.23 bits per heavy atom. The minimum absolute atomic E-state index is 0.360. The normalized spacial score (nSPS) is 12.1. The Kier molecular flexibility index (Phi) is 5.68. The van der Waals surface area contributed by atoms with Crippen molar-refractivity contribution in [2.75, 3.05) is 0 Å². The lowest BCUT2D eigenvalue weighted by Gasteiger charge is -2.13. The molecule has 22 heavy (non-hydrogen) atoms. The molecule has 0 bridgehead atoms. The molecule has 0 unspecified atom stereocenters. The summed E-state index contributed by atoms with van der Waals surface area (Å²) in [7, 11) is 0. The molecule has 118 valence electrons. The van der Waals surface area contributed by atoms with E-state index in [-0.39, 0.29) is 5.91 Å². The Hall–Kier alpha value is -1.73. The molecule has 0 saturated heterocycles. The smallest absolute Gasteiger partial charge is 0.326 e. The van der Waals surface area contributed by atoms with Gasteiger partial charge in [0.05, 0.1) is 10.6 Å². The van der Waals surface area contributed by atoms with Gasteiger partial charge in [0.25, 0.3) is 5.91 Å². The molecule has 2 N–H and O–H groups in total. The highest BCUT2D eigenvalue weighted by molar-refractivity contribution is 7.22. The fourth-order valence-corrected chi connectivity index (χ4v) is 3.77. The second-order valence-corrected chi connectivity index (χ2v) is 6.86. The zero-order chi connectivity index (χ0) is 16.1. The third kappa shape index (κ3) is 3.92. The summed E-state index contributed by atoms with van der Waals surface area (Å²) in [6, 6.07) is 3.03. The molecule has 0 aromatic carbocycles. The van der Waals surface area contributed by atoms with E-state index in [9.17, 15) is 14.7 Å². The fourth-order valence-electron chi connectivity index (χ4n) is 2.00. The molecule has 5 nitrogen and oxygen atoms in total. The summed E-state index contributed by atoms with van der Waals surface area (Å²) in [5.74, 6) is -1.36. The predicted octanol–water partition coefficient (Wildman–Crippen LogP) is 3.55. The topological polar surface area (TPSA) is 79.3 Å². The van der Waals surface area contributed by atoms with E-state index in [4.69, 9.17) is 0 Å². The van der Waals surface area contributed by atoms with Crippen molar-refractivity contribution in [2.24, 2.45) is 0 Å². The highest BCUT2D eigenvalue weighted by Gasteiger charge is 2.23. The number of aromatic nitrogens is 1. The number of rotatable bonds is 7. The zero-order valence-electron chi connectivity index (χ0n) is 12.5. The second kappa shape index (κ2) is 7.51. The second-order valence-electron chi connectivity index (χ2n) is 4.92. The summed E-state index contributed by atoms with van der Waals surface area (Å²) >= 11 is 2.86. The van der Waals surface area contributed by atoms with Crippen LogP contribution >= 0.6 is 22.7 Å². The summed E-state index contributed by atoms with van der Waals surface area (Å²) < 4.78 is 0. The summed E-state index contributed by atoms with van der Waals surface area (Å²) in [4.78, 5) is 29.4. The van der Waals surface area contributed by atoms with Gasteiger partial charge < -0.3 is 10.4 Å². The number of amides is 1.